The molecule has 2 heterocycles. The number of nitrogens with one attached hydrogen (secondary N) is 1. The fourth-order valence-electron chi connectivity index (χ4n) is 5.24. The predicted molar refractivity (Wildman–Crippen MR) is 147 cm³/mol. The maximum atomic E-state index is 13.2. The molecule has 4 rings (SSSR count). The summed E-state index contributed by atoms with van der Waals surface area (Å²) in [6.07, 6.45) is -7.61. The Morgan fingerprint density at radius 2 is 1.57 bits per heavy atom. The molecule has 2 aromatic carbocycles. The first-order valence-corrected chi connectivity index (χ1v) is 13.5. The molecule has 0 saturated carbocycles. The average Bonchev–Trinajstić information content (AvgIpc) is 2.92. The normalized spacial score (nSPS) is 18.5. The van der Waals surface area contributed by atoms with E-state index in [1.165, 1.54) is 18.2 Å². The van der Waals surface area contributed by atoms with Crippen molar-refractivity contribution in [3.05, 3.63) is 58.5 Å². The molecule has 218 valence electrons. The van der Waals surface area contributed by atoms with Gasteiger partial charge < -0.3 is 15.1 Å². The molecular formula is C27H31F6N5OS. The zero-order valence-electron chi connectivity index (χ0n) is 21.9. The highest BCUT2D eigenvalue weighted by Gasteiger charge is 2.35. The lowest BCUT2D eigenvalue weighted by Crippen LogP contribution is -2.50. The van der Waals surface area contributed by atoms with E-state index in [0.717, 1.165) is 54.6 Å². The third-order valence-corrected chi connectivity index (χ3v) is 8.12. The number of nitrogens with zero attached hydrogens (tertiary/aromatic N) is 4. The van der Waals surface area contributed by atoms with Gasteiger partial charge in [-0.3, -0.25) is 4.90 Å². The summed E-state index contributed by atoms with van der Waals surface area (Å²) in [7, 11) is 0. The Hall–Kier alpha value is -2.93. The van der Waals surface area contributed by atoms with Gasteiger partial charge >= 0.3 is 12.4 Å². The molecule has 2 fully saturated rings. The summed E-state index contributed by atoms with van der Waals surface area (Å²) in [4.78, 5) is 18.1. The molecule has 6 nitrogen and oxygen atoms in total. The van der Waals surface area contributed by atoms with Crippen molar-refractivity contribution in [3.8, 4) is 0 Å². The number of piperidine rings is 1. The van der Waals surface area contributed by atoms with Crippen LogP contribution in [0.15, 0.2) is 47.6 Å². The number of thiocarbonyl (C=S) groups is 1. The van der Waals surface area contributed by atoms with Crippen molar-refractivity contribution in [2.24, 2.45) is 11.1 Å². The van der Waals surface area contributed by atoms with Crippen LogP contribution in [0.1, 0.15) is 30.9 Å². The summed E-state index contributed by atoms with van der Waals surface area (Å²) in [5, 5.41) is 5.63. The van der Waals surface area contributed by atoms with Crippen LogP contribution in [0.2, 0.25) is 0 Å². The van der Waals surface area contributed by atoms with E-state index >= 15 is 0 Å². The number of alkyl halides is 6. The standard InChI is InChI=1S/C27H31F6N5OS/c1-18(17-36-12-14-37(15-13-36)22-5-2-19(3-6-22)26(28,29)30)25(40)38-10-8-20(9-11-38)34-21-4-7-24(35-39)23(16-21)27(31,32)33/h2-7,16,18,20,34H,8-15,17H2,1H3. The van der Waals surface area contributed by atoms with E-state index in [1.54, 1.807) is 0 Å². The van der Waals surface area contributed by atoms with Crippen LogP contribution < -0.4 is 10.2 Å². The topological polar surface area (TPSA) is 51.2 Å². The molecule has 2 aromatic rings. The van der Waals surface area contributed by atoms with Crippen LogP contribution in [0, 0.1) is 10.8 Å². The minimum atomic E-state index is -4.67. The van der Waals surface area contributed by atoms with Gasteiger partial charge in [-0.2, -0.15) is 26.3 Å². The summed E-state index contributed by atoms with van der Waals surface area (Å²) in [5.41, 5.74) is -1.27. The summed E-state index contributed by atoms with van der Waals surface area (Å²) in [6, 6.07) is 8.66. The van der Waals surface area contributed by atoms with Gasteiger partial charge in [0.2, 0.25) is 0 Å². The van der Waals surface area contributed by atoms with E-state index in [2.05, 4.69) is 32.1 Å². The molecule has 1 unspecified atom stereocenters. The summed E-state index contributed by atoms with van der Waals surface area (Å²) < 4.78 is 78.2. The fourth-order valence-corrected chi connectivity index (χ4v) is 5.50. The van der Waals surface area contributed by atoms with Crippen molar-refractivity contribution in [1.29, 1.82) is 0 Å². The smallest absolute Gasteiger partial charge is 0.382 e. The number of halogens is 6. The molecule has 2 aliphatic heterocycles. The number of nitroso groups, excluding NO2 is 1. The first kappa shape index (κ1) is 30.0. The molecule has 0 aliphatic carbocycles. The number of rotatable bonds is 7. The highest BCUT2D eigenvalue weighted by atomic mass is 32.1. The van der Waals surface area contributed by atoms with E-state index in [-0.39, 0.29) is 12.0 Å². The molecule has 13 heteroatoms. The van der Waals surface area contributed by atoms with Gasteiger partial charge in [0.25, 0.3) is 0 Å². The van der Waals surface area contributed by atoms with E-state index in [0.29, 0.717) is 44.7 Å². The molecule has 0 radical (unpaired) electrons. The Labute approximate surface area is 234 Å². The van der Waals surface area contributed by atoms with E-state index in [4.69, 9.17) is 12.2 Å². The van der Waals surface area contributed by atoms with Gasteiger partial charge in [0.15, 0.2) is 0 Å². The third-order valence-electron chi connectivity index (χ3n) is 7.46. The number of likely N-dealkylation sites (tertiary alicyclic amines) is 1. The highest BCUT2D eigenvalue weighted by Crippen LogP contribution is 2.38. The summed E-state index contributed by atoms with van der Waals surface area (Å²) in [5.74, 6) is 0.120. The monoisotopic (exact) mass is 587 g/mol. The van der Waals surface area contributed by atoms with Crippen LogP contribution in [0.4, 0.5) is 43.4 Å². The van der Waals surface area contributed by atoms with Gasteiger partial charge in [0, 0.05) is 69.1 Å². The first-order chi connectivity index (χ1) is 18.8. The van der Waals surface area contributed by atoms with Crippen LogP contribution in [-0.2, 0) is 12.4 Å². The quantitative estimate of drug-likeness (QED) is 0.219. The second-order valence-electron chi connectivity index (χ2n) is 10.3. The molecule has 1 N–H and O–H groups in total. The van der Waals surface area contributed by atoms with Gasteiger partial charge in [-0.1, -0.05) is 19.1 Å². The Morgan fingerprint density at radius 3 is 2.12 bits per heavy atom. The first-order valence-electron chi connectivity index (χ1n) is 13.1. The lowest BCUT2D eigenvalue weighted by atomic mass is 10.0. The van der Waals surface area contributed by atoms with Crippen molar-refractivity contribution in [2.45, 2.75) is 38.2 Å². The van der Waals surface area contributed by atoms with E-state index in [1.807, 2.05) is 0 Å². The maximum Gasteiger partial charge on any atom is 0.418 e. The molecule has 1 atom stereocenters. The Kier molecular flexibility index (Phi) is 9.23. The summed E-state index contributed by atoms with van der Waals surface area (Å²) >= 11 is 5.77. The molecule has 0 aromatic heterocycles. The van der Waals surface area contributed by atoms with Crippen molar-refractivity contribution in [3.63, 3.8) is 0 Å². The predicted octanol–water partition coefficient (Wildman–Crippen LogP) is 6.78. The third kappa shape index (κ3) is 7.42. The van der Waals surface area contributed by atoms with Gasteiger partial charge in [-0.25, -0.2) is 0 Å². The minimum Gasteiger partial charge on any atom is -0.382 e. The lowest BCUT2D eigenvalue weighted by molar-refractivity contribution is -0.138. The molecule has 0 spiro atoms. The number of hydrogen-bond donors (Lipinski definition) is 1. The largest absolute Gasteiger partial charge is 0.418 e. The minimum absolute atomic E-state index is 0.0243. The second-order valence-corrected chi connectivity index (χ2v) is 10.7. The lowest BCUT2D eigenvalue weighted by Gasteiger charge is -2.39. The molecule has 2 saturated heterocycles. The summed E-state index contributed by atoms with van der Waals surface area (Å²) in [6.45, 7) is 7.19. The molecule has 0 bridgehead atoms. The van der Waals surface area contributed by atoms with Crippen molar-refractivity contribution in [1.82, 2.24) is 9.80 Å². The van der Waals surface area contributed by atoms with Gasteiger partial charge in [-0.05, 0) is 60.5 Å². The molecule has 40 heavy (non-hydrogen) atoms. The zero-order valence-corrected chi connectivity index (χ0v) is 22.7. The van der Waals surface area contributed by atoms with E-state index < -0.39 is 29.2 Å². The number of anilines is 2. The Bertz CT molecular complexity index is 1170. The van der Waals surface area contributed by atoms with Crippen molar-refractivity contribution in [2.75, 3.05) is 56.0 Å². The number of hydrogen-bond acceptors (Lipinski definition) is 6. The maximum absolute atomic E-state index is 13.2. The molecule has 2 aliphatic rings. The molecular weight excluding hydrogens is 556 g/mol. The SMILES string of the molecule is CC(CN1CCN(c2ccc(C(F)(F)F)cc2)CC1)C(=S)N1CCC(Nc2ccc(N=O)c(C(F)(F)F)c2)CC1. The Balaban J connectivity index is 1.22. The Morgan fingerprint density at radius 1 is 0.950 bits per heavy atom. The zero-order chi connectivity index (χ0) is 29.1. The number of benzene rings is 2. The van der Waals surface area contributed by atoms with Gasteiger partial charge in [0.1, 0.15) is 5.69 Å². The van der Waals surface area contributed by atoms with Crippen LogP contribution in [0.3, 0.4) is 0 Å². The van der Waals surface area contributed by atoms with Crippen molar-refractivity contribution >= 4 is 34.3 Å². The van der Waals surface area contributed by atoms with Crippen LogP contribution in [-0.4, -0.2) is 66.6 Å². The van der Waals surface area contributed by atoms with E-state index in [9.17, 15) is 31.2 Å². The molecule has 0 amide bonds. The van der Waals surface area contributed by atoms with Crippen LogP contribution in [0.5, 0.6) is 0 Å². The fraction of sp³-hybridized carbons (Fsp3) is 0.519. The highest BCUT2D eigenvalue weighted by molar-refractivity contribution is 7.80. The second kappa shape index (κ2) is 12.3. The van der Waals surface area contributed by atoms with Crippen molar-refractivity contribution < 1.29 is 26.3 Å². The average molecular weight is 588 g/mol. The van der Waals surface area contributed by atoms with Gasteiger partial charge in [0.05, 0.1) is 16.1 Å². The van der Waals surface area contributed by atoms with Crippen LogP contribution >= 0.6 is 12.2 Å². The van der Waals surface area contributed by atoms with Crippen LogP contribution in [0.25, 0.3) is 0 Å². The number of piperazine rings is 1. The van der Waals surface area contributed by atoms with Gasteiger partial charge in [-0.15, -0.1) is 4.91 Å².